The molecule has 3 heterocycles. The molecular weight excluding hydrogens is 330 g/mol. The first-order valence-corrected chi connectivity index (χ1v) is 9.73. The molecule has 1 aliphatic carbocycles. The van der Waals surface area contributed by atoms with Gasteiger partial charge in [-0.05, 0) is 43.7 Å². The molecule has 0 bridgehead atoms. The summed E-state index contributed by atoms with van der Waals surface area (Å²) >= 11 is 0. The van der Waals surface area contributed by atoms with Crippen LogP contribution in [0.1, 0.15) is 32.6 Å². The molecule has 1 saturated carbocycles. The fourth-order valence-corrected chi connectivity index (χ4v) is 4.60. The second-order valence-electron chi connectivity index (χ2n) is 8.07. The van der Waals surface area contributed by atoms with E-state index in [1.54, 1.807) is 18.5 Å². The molecule has 3 aliphatic rings. The van der Waals surface area contributed by atoms with Gasteiger partial charge in [-0.15, -0.1) is 0 Å². The number of nitrogens with zero attached hydrogens (tertiary/aromatic N) is 2. The van der Waals surface area contributed by atoms with Crippen LogP contribution in [0.2, 0.25) is 0 Å². The summed E-state index contributed by atoms with van der Waals surface area (Å²) in [5.41, 5.74) is 0.697. The molecule has 0 aromatic carbocycles. The number of nitrogens with one attached hydrogen (secondary N) is 1. The van der Waals surface area contributed by atoms with Crippen molar-refractivity contribution in [2.45, 2.75) is 38.7 Å². The van der Waals surface area contributed by atoms with Gasteiger partial charge in [0.25, 0.3) is 0 Å². The van der Waals surface area contributed by atoms with Gasteiger partial charge < -0.3 is 15.0 Å². The van der Waals surface area contributed by atoms with Gasteiger partial charge in [-0.3, -0.25) is 14.6 Å². The molecule has 1 aromatic rings. The topological polar surface area (TPSA) is 71.5 Å². The predicted octanol–water partition coefficient (Wildman–Crippen LogP) is 2.32. The van der Waals surface area contributed by atoms with Crippen molar-refractivity contribution in [1.29, 1.82) is 0 Å². The molecule has 4 rings (SSSR count). The number of fused-ring (bicyclic) bond motifs is 1. The minimum absolute atomic E-state index is 0.00823. The minimum atomic E-state index is -0.204. The molecule has 0 unspecified atom stereocenters. The highest BCUT2D eigenvalue weighted by Crippen LogP contribution is 2.37. The summed E-state index contributed by atoms with van der Waals surface area (Å²) in [7, 11) is 0. The Morgan fingerprint density at radius 2 is 2.04 bits per heavy atom. The van der Waals surface area contributed by atoms with E-state index in [4.69, 9.17) is 4.74 Å². The Morgan fingerprint density at radius 3 is 2.77 bits per heavy atom. The van der Waals surface area contributed by atoms with E-state index in [9.17, 15) is 9.59 Å². The molecular formula is C20H27N3O3. The predicted molar refractivity (Wildman–Crippen MR) is 97.3 cm³/mol. The van der Waals surface area contributed by atoms with Gasteiger partial charge in [0, 0.05) is 31.1 Å². The lowest BCUT2D eigenvalue weighted by Gasteiger charge is -2.29. The SMILES string of the molecule is CC1CCC(C(=O)N2C[C@@H]3[C@@H](C(=O)Nc4cccnc4)CO[C@@H]3C2)CC1. The van der Waals surface area contributed by atoms with Gasteiger partial charge in [-0.2, -0.15) is 0 Å². The standard InChI is InChI=1S/C20H27N3O3/c1-13-4-6-14(7-5-13)20(25)23-10-16-17(12-26-18(16)11-23)19(24)22-15-3-2-8-21-9-15/h2-3,8-9,13-14,16-18H,4-7,10-12H2,1H3,(H,22,24)/t13?,14?,16-,17+,18-/m1/s1. The van der Waals surface area contributed by atoms with E-state index in [1.807, 2.05) is 11.0 Å². The molecule has 140 valence electrons. The lowest BCUT2D eigenvalue weighted by molar-refractivity contribution is -0.137. The van der Waals surface area contributed by atoms with Crippen LogP contribution in [-0.4, -0.2) is 47.5 Å². The molecule has 26 heavy (non-hydrogen) atoms. The van der Waals surface area contributed by atoms with Crippen LogP contribution in [0.5, 0.6) is 0 Å². The van der Waals surface area contributed by atoms with Crippen LogP contribution >= 0.6 is 0 Å². The van der Waals surface area contributed by atoms with Gasteiger partial charge in [-0.1, -0.05) is 6.92 Å². The lowest BCUT2D eigenvalue weighted by Crippen LogP contribution is -2.38. The maximum atomic E-state index is 12.9. The number of amides is 2. The summed E-state index contributed by atoms with van der Waals surface area (Å²) in [4.78, 5) is 31.5. The van der Waals surface area contributed by atoms with Gasteiger partial charge in [0.15, 0.2) is 0 Å². The maximum Gasteiger partial charge on any atom is 0.230 e. The Bertz CT molecular complexity index is 658. The summed E-state index contributed by atoms with van der Waals surface area (Å²) in [6.07, 6.45) is 7.59. The van der Waals surface area contributed by atoms with Crippen LogP contribution in [0.25, 0.3) is 0 Å². The third kappa shape index (κ3) is 3.47. The number of aromatic nitrogens is 1. The average Bonchev–Trinajstić information content (AvgIpc) is 3.23. The molecule has 1 aromatic heterocycles. The van der Waals surface area contributed by atoms with E-state index in [0.29, 0.717) is 25.4 Å². The average molecular weight is 357 g/mol. The first kappa shape index (κ1) is 17.5. The Hall–Kier alpha value is -1.95. The number of rotatable bonds is 3. The molecule has 3 atom stereocenters. The van der Waals surface area contributed by atoms with Crippen molar-refractivity contribution in [2.75, 3.05) is 25.0 Å². The highest BCUT2D eigenvalue weighted by atomic mass is 16.5. The van der Waals surface area contributed by atoms with Gasteiger partial charge in [-0.25, -0.2) is 0 Å². The minimum Gasteiger partial charge on any atom is -0.375 e. The highest BCUT2D eigenvalue weighted by Gasteiger charge is 2.48. The molecule has 1 N–H and O–H groups in total. The normalized spacial score (nSPS) is 33.7. The largest absolute Gasteiger partial charge is 0.375 e. The summed E-state index contributed by atoms with van der Waals surface area (Å²) in [6.45, 7) is 3.97. The number of hydrogen-bond acceptors (Lipinski definition) is 4. The number of anilines is 1. The number of likely N-dealkylation sites (tertiary alicyclic amines) is 1. The van der Waals surface area contributed by atoms with E-state index in [-0.39, 0.29) is 35.7 Å². The number of ether oxygens (including phenoxy) is 1. The van der Waals surface area contributed by atoms with Crippen LogP contribution in [0, 0.1) is 23.7 Å². The third-order valence-electron chi connectivity index (χ3n) is 6.26. The van der Waals surface area contributed by atoms with E-state index in [0.717, 1.165) is 31.6 Å². The van der Waals surface area contributed by atoms with Crippen molar-refractivity contribution in [3.63, 3.8) is 0 Å². The molecule has 6 heteroatoms. The van der Waals surface area contributed by atoms with Crippen molar-refractivity contribution in [1.82, 2.24) is 9.88 Å². The van der Waals surface area contributed by atoms with Crippen molar-refractivity contribution >= 4 is 17.5 Å². The third-order valence-corrected chi connectivity index (χ3v) is 6.26. The zero-order valence-electron chi connectivity index (χ0n) is 15.3. The van der Waals surface area contributed by atoms with Crippen LogP contribution in [0.15, 0.2) is 24.5 Å². The summed E-state index contributed by atoms with van der Waals surface area (Å²) in [6, 6.07) is 3.62. The number of pyridine rings is 1. The van der Waals surface area contributed by atoms with Crippen molar-refractivity contribution < 1.29 is 14.3 Å². The van der Waals surface area contributed by atoms with Crippen LogP contribution in [0.3, 0.4) is 0 Å². The number of carbonyl (C=O) groups excluding carboxylic acids is 2. The fraction of sp³-hybridized carbons (Fsp3) is 0.650. The van der Waals surface area contributed by atoms with Crippen molar-refractivity contribution in [3.05, 3.63) is 24.5 Å². The fourth-order valence-electron chi connectivity index (χ4n) is 4.60. The molecule has 2 amide bonds. The zero-order chi connectivity index (χ0) is 18.1. The summed E-state index contributed by atoms with van der Waals surface area (Å²) in [5, 5.41) is 2.92. The van der Waals surface area contributed by atoms with Crippen molar-refractivity contribution in [2.24, 2.45) is 23.7 Å². The Kier molecular flexibility index (Phi) is 4.94. The van der Waals surface area contributed by atoms with E-state index in [2.05, 4.69) is 17.2 Å². The Balaban J connectivity index is 1.36. The van der Waals surface area contributed by atoms with Crippen LogP contribution in [0.4, 0.5) is 5.69 Å². The van der Waals surface area contributed by atoms with Crippen LogP contribution in [-0.2, 0) is 14.3 Å². The molecule has 2 saturated heterocycles. The monoisotopic (exact) mass is 357 g/mol. The summed E-state index contributed by atoms with van der Waals surface area (Å²) < 4.78 is 5.86. The lowest BCUT2D eigenvalue weighted by atomic mass is 9.82. The second-order valence-corrected chi connectivity index (χ2v) is 8.07. The number of carbonyl (C=O) groups is 2. The van der Waals surface area contributed by atoms with Gasteiger partial charge in [0.05, 0.1) is 30.5 Å². The van der Waals surface area contributed by atoms with Crippen molar-refractivity contribution in [3.8, 4) is 0 Å². The van der Waals surface area contributed by atoms with E-state index >= 15 is 0 Å². The Labute approximate surface area is 154 Å². The van der Waals surface area contributed by atoms with Gasteiger partial charge in [0.2, 0.25) is 11.8 Å². The number of hydrogen-bond donors (Lipinski definition) is 1. The quantitative estimate of drug-likeness (QED) is 0.901. The second kappa shape index (κ2) is 7.35. The molecule has 0 spiro atoms. The first-order valence-electron chi connectivity index (χ1n) is 9.73. The van der Waals surface area contributed by atoms with Gasteiger partial charge >= 0.3 is 0 Å². The van der Waals surface area contributed by atoms with E-state index in [1.165, 1.54) is 0 Å². The van der Waals surface area contributed by atoms with E-state index < -0.39 is 0 Å². The molecule has 2 aliphatic heterocycles. The smallest absolute Gasteiger partial charge is 0.230 e. The highest BCUT2D eigenvalue weighted by molar-refractivity contribution is 5.93. The molecule has 3 fully saturated rings. The maximum absolute atomic E-state index is 12.9. The molecule has 0 radical (unpaired) electrons. The van der Waals surface area contributed by atoms with Crippen LogP contribution < -0.4 is 5.32 Å². The first-order chi connectivity index (χ1) is 12.6. The van der Waals surface area contributed by atoms with Gasteiger partial charge in [0.1, 0.15) is 0 Å². The zero-order valence-corrected chi connectivity index (χ0v) is 15.3. The Morgan fingerprint density at radius 1 is 1.23 bits per heavy atom. The molecule has 6 nitrogen and oxygen atoms in total. The summed E-state index contributed by atoms with van der Waals surface area (Å²) in [5.74, 6) is 1.02.